The molecule has 5 heteroatoms. The molecular formula is C8H13BrO4. The average Bonchev–Trinajstić information content (AvgIpc) is 2.49. The molecule has 0 radical (unpaired) electrons. The third kappa shape index (κ3) is 2.42. The molecule has 0 N–H and O–H groups in total. The molecule has 2 unspecified atom stereocenters. The number of alkyl halides is 1. The standard InChI is InChI=1S/C8H13BrO4/c1-3-11-7(10)8(2)5-12-6(4-9)13-8/h6H,3-5H2,1-2H3. The second-order valence-electron chi connectivity index (χ2n) is 2.96. The molecule has 0 bridgehead atoms. The molecule has 1 saturated heterocycles. The van der Waals surface area contributed by atoms with E-state index in [0.29, 0.717) is 11.9 Å². The van der Waals surface area contributed by atoms with Crippen molar-refractivity contribution in [1.82, 2.24) is 0 Å². The lowest BCUT2D eigenvalue weighted by atomic mass is 10.1. The van der Waals surface area contributed by atoms with Gasteiger partial charge in [0, 0.05) is 0 Å². The Kier molecular flexibility index (Phi) is 3.70. The highest BCUT2D eigenvalue weighted by atomic mass is 79.9. The van der Waals surface area contributed by atoms with Crippen molar-refractivity contribution in [2.45, 2.75) is 25.7 Å². The fourth-order valence-corrected chi connectivity index (χ4v) is 1.40. The quantitative estimate of drug-likeness (QED) is 0.557. The Morgan fingerprint density at radius 3 is 2.92 bits per heavy atom. The number of carbonyl (C=O) groups excluding carboxylic acids is 1. The monoisotopic (exact) mass is 252 g/mol. The van der Waals surface area contributed by atoms with Gasteiger partial charge in [0.25, 0.3) is 0 Å². The first kappa shape index (κ1) is 10.9. The number of ether oxygens (including phenoxy) is 3. The molecule has 1 aliphatic rings. The molecule has 0 aliphatic carbocycles. The number of hydrogen-bond donors (Lipinski definition) is 0. The van der Waals surface area contributed by atoms with Crippen molar-refractivity contribution < 1.29 is 19.0 Å². The first-order valence-electron chi connectivity index (χ1n) is 4.15. The number of esters is 1. The van der Waals surface area contributed by atoms with Gasteiger partial charge in [-0.2, -0.15) is 0 Å². The Morgan fingerprint density at radius 2 is 2.46 bits per heavy atom. The Balaban J connectivity index is 2.53. The van der Waals surface area contributed by atoms with E-state index in [9.17, 15) is 4.79 Å². The van der Waals surface area contributed by atoms with Crippen LogP contribution in [0.2, 0.25) is 0 Å². The highest BCUT2D eigenvalue weighted by molar-refractivity contribution is 9.09. The number of rotatable bonds is 3. The summed E-state index contributed by atoms with van der Waals surface area (Å²) in [5.74, 6) is -0.363. The smallest absolute Gasteiger partial charge is 0.340 e. The molecule has 0 saturated carbocycles. The molecule has 0 aromatic carbocycles. The summed E-state index contributed by atoms with van der Waals surface area (Å²) in [6.45, 7) is 4.05. The summed E-state index contributed by atoms with van der Waals surface area (Å²) < 4.78 is 15.4. The zero-order valence-corrected chi connectivity index (χ0v) is 9.30. The molecule has 0 aromatic heterocycles. The van der Waals surface area contributed by atoms with E-state index in [2.05, 4.69) is 15.9 Å². The maximum Gasteiger partial charge on any atom is 0.340 e. The minimum Gasteiger partial charge on any atom is -0.464 e. The predicted molar refractivity (Wildman–Crippen MR) is 49.7 cm³/mol. The minimum atomic E-state index is -0.936. The van der Waals surface area contributed by atoms with Crippen LogP contribution < -0.4 is 0 Å². The van der Waals surface area contributed by atoms with Crippen molar-refractivity contribution in [3.63, 3.8) is 0 Å². The first-order valence-corrected chi connectivity index (χ1v) is 5.27. The summed E-state index contributed by atoms with van der Waals surface area (Å²) in [5.41, 5.74) is -0.936. The molecule has 1 heterocycles. The molecule has 1 fully saturated rings. The van der Waals surface area contributed by atoms with E-state index in [4.69, 9.17) is 14.2 Å². The average molecular weight is 253 g/mol. The van der Waals surface area contributed by atoms with Gasteiger partial charge < -0.3 is 14.2 Å². The van der Waals surface area contributed by atoms with Crippen LogP contribution in [0.3, 0.4) is 0 Å². The normalized spacial score (nSPS) is 33.3. The van der Waals surface area contributed by atoms with E-state index in [-0.39, 0.29) is 18.9 Å². The second kappa shape index (κ2) is 4.39. The van der Waals surface area contributed by atoms with Crippen LogP contribution >= 0.6 is 15.9 Å². The summed E-state index contributed by atoms with van der Waals surface area (Å²) in [6.07, 6.45) is -0.352. The number of hydrogen-bond acceptors (Lipinski definition) is 4. The van der Waals surface area contributed by atoms with E-state index < -0.39 is 5.60 Å². The van der Waals surface area contributed by atoms with Crippen molar-refractivity contribution in [2.24, 2.45) is 0 Å². The van der Waals surface area contributed by atoms with E-state index in [0.717, 1.165) is 0 Å². The van der Waals surface area contributed by atoms with Gasteiger partial charge in [-0.1, -0.05) is 15.9 Å². The largest absolute Gasteiger partial charge is 0.464 e. The van der Waals surface area contributed by atoms with Crippen molar-refractivity contribution >= 4 is 21.9 Å². The van der Waals surface area contributed by atoms with Crippen molar-refractivity contribution in [2.75, 3.05) is 18.5 Å². The van der Waals surface area contributed by atoms with Gasteiger partial charge in [-0.3, -0.25) is 0 Å². The SMILES string of the molecule is CCOC(=O)C1(C)COC(CBr)O1. The van der Waals surface area contributed by atoms with Gasteiger partial charge in [0.2, 0.25) is 0 Å². The summed E-state index contributed by atoms with van der Waals surface area (Å²) in [7, 11) is 0. The lowest BCUT2D eigenvalue weighted by molar-refractivity contribution is -0.167. The molecule has 0 aromatic rings. The topological polar surface area (TPSA) is 44.8 Å². The minimum absolute atomic E-state index is 0.252. The molecule has 1 aliphatic heterocycles. The van der Waals surface area contributed by atoms with E-state index in [1.165, 1.54) is 0 Å². The van der Waals surface area contributed by atoms with E-state index in [1.54, 1.807) is 13.8 Å². The van der Waals surface area contributed by atoms with Crippen LogP contribution in [0.5, 0.6) is 0 Å². The maximum absolute atomic E-state index is 11.4. The zero-order valence-electron chi connectivity index (χ0n) is 7.71. The van der Waals surface area contributed by atoms with Crippen LogP contribution in [-0.4, -0.2) is 36.4 Å². The second-order valence-corrected chi connectivity index (χ2v) is 3.61. The zero-order chi connectivity index (χ0) is 9.90. The molecular weight excluding hydrogens is 240 g/mol. The fourth-order valence-electron chi connectivity index (χ4n) is 1.08. The van der Waals surface area contributed by atoms with Gasteiger partial charge in [-0.05, 0) is 13.8 Å². The van der Waals surface area contributed by atoms with Gasteiger partial charge in [-0.15, -0.1) is 0 Å². The third-order valence-corrected chi connectivity index (χ3v) is 2.30. The molecule has 0 amide bonds. The molecule has 4 nitrogen and oxygen atoms in total. The Morgan fingerprint density at radius 1 is 1.77 bits per heavy atom. The lowest BCUT2D eigenvalue weighted by Crippen LogP contribution is -2.40. The Hall–Kier alpha value is -0.130. The molecule has 2 atom stereocenters. The maximum atomic E-state index is 11.4. The first-order chi connectivity index (χ1) is 6.12. The molecule has 76 valence electrons. The summed E-state index contributed by atoms with van der Waals surface area (Å²) in [5, 5.41) is 0.558. The molecule has 1 rings (SSSR count). The van der Waals surface area contributed by atoms with Crippen LogP contribution in [0.1, 0.15) is 13.8 Å². The van der Waals surface area contributed by atoms with Crippen LogP contribution in [0.25, 0.3) is 0 Å². The van der Waals surface area contributed by atoms with Crippen LogP contribution in [-0.2, 0) is 19.0 Å². The Labute approximate surface area is 85.7 Å². The van der Waals surface area contributed by atoms with Crippen molar-refractivity contribution in [3.05, 3.63) is 0 Å². The van der Waals surface area contributed by atoms with E-state index in [1.807, 2.05) is 0 Å². The van der Waals surface area contributed by atoms with E-state index >= 15 is 0 Å². The lowest BCUT2D eigenvalue weighted by Gasteiger charge is -2.19. The van der Waals surface area contributed by atoms with Gasteiger partial charge in [0.15, 0.2) is 11.9 Å². The van der Waals surface area contributed by atoms with Gasteiger partial charge in [0.05, 0.1) is 18.5 Å². The van der Waals surface area contributed by atoms with Gasteiger partial charge in [-0.25, -0.2) is 4.79 Å². The van der Waals surface area contributed by atoms with Crippen LogP contribution in [0.15, 0.2) is 0 Å². The number of halogens is 1. The van der Waals surface area contributed by atoms with Crippen molar-refractivity contribution in [1.29, 1.82) is 0 Å². The summed E-state index contributed by atoms with van der Waals surface area (Å²) in [4.78, 5) is 11.4. The third-order valence-electron chi connectivity index (χ3n) is 1.77. The summed E-state index contributed by atoms with van der Waals surface area (Å²) >= 11 is 3.21. The predicted octanol–water partition coefficient (Wildman–Crippen LogP) is 1.08. The van der Waals surface area contributed by atoms with Crippen molar-refractivity contribution in [3.8, 4) is 0 Å². The van der Waals surface area contributed by atoms with Gasteiger partial charge >= 0.3 is 5.97 Å². The van der Waals surface area contributed by atoms with Crippen LogP contribution in [0.4, 0.5) is 0 Å². The number of carbonyl (C=O) groups is 1. The Bertz CT molecular complexity index is 197. The highest BCUT2D eigenvalue weighted by Crippen LogP contribution is 2.25. The van der Waals surface area contributed by atoms with Gasteiger partial charge in [0.1, 0.15) is 0 Å². The van der Waals surface area contributed by atoms with Crippen LogP contribution in [0, 0.1) is 0 Å². The highest BCUT2D eigenvalue weighted by Gasteiger charge is 2.44. The fraction of sp³-hybridized carbons (Fsp3) is 0.875. The molecule has 13 heavy (non-hydrogen) atoms. The summed E-state index contributed by atoms with van der Waals surface area (Å²) in [6, 6.07) is 0. The molecule has 0 spiro atoms.